The lowest BCUT2D eigenvalue weighted by atomic mass is 10.1. The van der Waals surface area contributed by atoms with Gasteiger partial charge in [-0.3, -0.25) is 4.79 Å². The van der Waals surface area contributed by atoms with E-state index in [1.807, 2.05) is 0 Å². The number of hydrogen-bond donors (Lipinski definition) is 1. The topological polar surface area (TPSA) is 60.7 Å². The van der Waals surface area contributed by atoms with Crippen LogP contribution in [0, 0.1) is 0 Å². The molecule has 20 heavy (non-hydrogen) atoms. The smallest absolute Gasteiger partial charge is 0.254 e. The van der Waals surface area contributed by atoms with E-state index in [0.717, 1.165) is 25.7 Å². The fourth-order valence-corrected chi connectivity index (χ4v) is 2.95. The van der Waals surface area contributed by atoms with E-state index in [9.17, 15) is 4.79 Å². The average Bonchev–Trinajstić information content (AvgIpc) is 3.05. The molecule has 110 valence electrons. The first kappa shape index (κ1) is 13.6. The van der Waals surface area contributed by atoms with Crippen molar-refractivity contribution in [2.75, 3.05) is 13.2 Å². The van der Waals surface area contributed by atoms with Crippen molar-refractivity contribution < 1.29 is 18.7 Å². The van der Waals surface area contributed by atoms with Crippen LogP contribution in [0.3, 0.4) is 0 Å². The monoisotopic (exact) mass is 279 g/mol. The predicted octanol–water partition coefficient (Wildman–Crippen LogP) is 2.48. The molecule has 1 aliphatic carbocycles. The number of ether oxygens (including phenoxy) is 2. The molecular weight excluding hydrogens is 258 g/mol. The molecule has 1 N–H and O–H groups in total. The van der Waals surface area contributed by atoms with Crippen LogP contribution in [0.25, 0.3) is 0 Å². The maximum Gasteiger partial charge on any atom is 0.254 e. The molecule has 3 rings (SSSR count). The number of amides is 1. The van der Waals surface area contributed by atoms with Crippen LogP contribution in [0.4, 0.5) is 0 Å². The van der Waals surface area contributed by atoms with E-state index in [1.165, 1.54) is 25.4 Å². The van der Waals surface area contributed by atoms with Crippen molar-refractivity contribution in [1.29, 1.82) is 0 Å². The Bertz CT molecular complexity index is 435. The minimum Gasteiger partial charge on any atom is -0.472 e. The molecule has 1 aromatic rings. The lowest BCUT2D eigenvalue weighted by Gasteiger charge is -2.26. The summed E-state index contributed by atoms with van der Waals surface area (Å²) in [5.41, 5.74) is 0.535. The lowest BCUT2D eigenvalue weighted by Crippen LogP contribution is -2.35. The molecule has 5 nitrogen and oxygen atoms in total. The minimum atomic E-state index is -0.387. The van der Waals surface area contributed by atoms with Crippen LogP contribution in [0.15, 0.2) is 23.0 Å². The SMILES string of the molecule is O=C(NC[C@H]1COC2(CCCCCC2)O1)c1ccoc1. The summed E-state index contributed by atoms with van der Waals surface area (Å²) < 4.78 is 16.9. The van der Waals surface area contributed by atoms with Gasteiger partial charge in [0.05, 0.1) is 18.4 Å². The van der Waals surface area contributed by atoms with E-state index in [4.69, 9.17) is 13.9 Å². The summed E-state index contributed by atoms with van der Waals surface area (Å²) in [5.74, 6) is -0.522. The predicted molar refractivity (Wildman–Crippen MR) is 72.3 cm³/mol. The molecule has 1 aliphatic heterocycles. The van der Waals surface area contributed by atoms with Crippen LogP contribution >= 0.6 is 0 Å². The second-order valence-corrected chi connectivity index (χ2v) is 5.60. The summed E-state index contributed by atoms with van der Waals surface area (Å²) in [7, 11) is 0. The zero-order valence-electron chi connectivity index (χ0n) is 11.6. The molecular formula is C15H21NO4. The van der Waals surface area contributed by atoms with Gasteiger partial charge < -0.3 is 19.2 Å². The highest BCUT2D eigenvalue weighted by molar-refractivity contribution is 5.93. The molecule has 2 fully saturated rings. The molecule has 0 radical (unpaired) electrons. The van der Waals surface area contributed by atoms with Crippen molar-refractivity contribution in [3.05, 3.63) is 24.2 Å². The summed E-state index contributed by atoms with van der Waals surface area (Å²) in [6.07, 6.45) is 9.66. The van der Waals surface area contributed by atoms with Gasteiger partial charge in [-0.15, -0.1) is 0 Å². The van der Waals surface area contributed by atoms with Crippen molar-refractivity contribution >= 4 is 5.91 Å². The number of carbonyl (C=O) groups is 1. The molecule has 1 atom stereocenters. The van der Waals surface area contributed by atoms with Crippen LogP contribution < -0.4 is 5.32 Å². The van der Waals surface area contributed by atoms with Crippen molar-refractivity contribution in [3.8, 4) is 0 Å². The van der Waals surface area contributed by atoms with Gasteiger partial charge in [0, 0.05) is 19.4 Å². The van der Waals surface area contributed by atoms with Gasteiger partial charge in [0.25, 0.3) is 5.91 Å². The molecule has 1 saturated carbocycles. The van der Waals surface area contributed by atoms with Crippen molar-refractivity contribution in [2.45, 2.75) is 50.4 Å². The van der Waals surface area contributed by atoms with Gasteiger partial charge >= 0.3 is 0 Å². The van der Waals surface area contributed by atoms with Gasteiger partial charge in [-0.1, -0.05) is 12.8 Å². The van der Waals surface area contributed by atoms with Gasteiger partial charge in [0.1, 0.15) is 12.4 Å². The normalized spacial score (nSPS) is 25.5. The maximum atomic E-state index is 11.8. The van der Waals surface area contributed by atoms with E-state index >= 15 is 0 Å². The number of rotatable bonds is 3. The van der Waals surface area contributed by atoms with Crippen LogP contribution in [0.1, 0.15) is 48.9 Å². The van der Waals surface area contributed by atoms with E-state index in [2.05, 4.69) is 5.32 Å². The maximum absolute atomic E-state index is 11.8. The molecule has 1 amide bonds. The highest BCUT2D eigenvalue weighted by atomic mass is 16.7. The van der Waals surface area contributed by atoms with Crippen molar-refractivity contribution in [1.82, 2.24) is 5.32 Å². The third-order valence-corrected chi connectivity index (χ3v) is 4.05. The largest absolute Gasteiger partial charge is 0.472 e. The zero-order chi connectivity index (χ0) is 13.8. The molecule has 1 aromatic heterocycles. The van der Waals surface area contributed by atoms with Crippen LogP contribution in [0.2, 0.25) is 0 Å². The first-order chi connectivity index (χ1) is 9.77. The number of hydrogen-bond acceptors (Lipinski definition) is 4. The Kier molecular flexibility index (Phi) is 4.08. The summed E-state index contributed by atoms with van der Waals surface area (Å²) >= 11 is 0. The fourth-order valence-electron chi connectivity index (χ4n) is 2.95. The third kappa shape index (κ3) is 3.04. The highest BCUT2D eigenvalue weighted by Crippen LogP contribution is 2.36. The molecule has 0 bridgehead atoms. The third-order valence-electron chi connectivity index (χ3n) is 4.05. The molecule has 1 saturated heterocycles. The summed E-state index contributed by atoms with van der Waals surface area (Å²) in [4.78, 5) is 11.8. The second kappa shape index (κ2) is 5.97. The molecule has 2 aliphatic rings. The fraction of sp³-hybridized carbons (Fsp3) is 0.667. The number of carbonyl (C=O) groups excluding carboxylic acids is 1. The Morgan fingerprint density at radius 3 is 2.80 bits per heavy atom. The average molecular weight is 279 g/mol. The number of nitrogens with one attached hydrogen (secondary N) is 1. The number of furan rings is 1. The quantitative estimate of drug-likeness (QED) is 0.923. The Balaban J connectivity index is 1.49. The zero-order valence-corrected chi connectivity index (χ0v) is 11.6. The van der Waals surface area contributed by atoms with Crippen LogP contribution in [-0.4, -0.2) is 30.9 Å². The van der Waals surface area contributed by atoms with E-state index in [0.29, 0.717) is 18.7 Å². The van der Waals surface area contributed by atoms with Gasteiger partial charge in [0.15, 0.2) is 5.79 Å². The standard InChI is InChI=1S/C15H21NO4/c17-14(12-5-8-18-10-12)16-9-13-11-19-15(20-13)6-3-1-2-4-7-15/h5,8,10,13H,1-4,6-7,9,11H2,(H,16,17)/t13-/m0/s1. The Morgan fingerprint density at radius 2 is 2.10 bits per heavy atom. The summed E-state index contributed by atoms with van der Waals surface area (Å²) in [6, 6.07) is 1.65. The highest BCUT2D eigenvalue weighted by Gasteiger charge is 2.41. The van der Waals surface area contributed by atoms with E-state index in [-0.39, 0.29) is 17.8 Å². The van der Waals surface area contributed by atoms with Gasteiger partial charge in [-0.05, 0) is 18.9 Å². The van der Waals surface area contributed by atoms with Crippen LogP contribution in [-0.2, 0) is 9.47 Å². The van der Waals surface area contributed by atoms with Gasteiger partial charge in [0.2, 0.25) is 0 Å². The van der Waals surface area contributed by atoms with E-state index in [1.54, 1.807) is 6.07 Å². The molecule has 5 heteroatoms. The molecule has 2 heterocycles. The molecule has 0 unspecified atom stereocenters. The van der Waals surface area contributed by atoms with Crippen LogP contribution in [0.5, 0.6) is 0 Å². The lowest BCUT2D eigenvalue weighted by molar-refractivity contribution is -0.175. The summed E-state index contributed by atoms with van der Waals surface area (Å²) in [6.45, 7) is 1.04. The van der Waals surface area contributed by atoms with E-state index < -0.39 is 0 Å². The summed E-state index contributed by atoms with van der Waals surface area (Å²) in [5, 5.41) is 2.86. The Labute approximate surface area is 118 Å². The molecule has 1 spiro atoms. The Hall–Kier alpha value is -1.33. The second-order valence-electron chi connectivity index (χ2n) is 5.60. The first-order valence-electron chi connectivity index (χ1n) is 7.40. The molecule has 0 aromatic carbocycles. The minimum absolute atomic E-state index is 0.0519. The van der Waals surface area contributed by atoms with Gasteiger partial charge in [-0.2, -0.15) is 0 Å². The van der Waals surface area contributed by atoms with Gasteiger partial charge in [-0.25, -0.2) is 0 Å². The Morgan fingerprint density at radius 1 is 1.30 bits per heavy atom. The first-order valence-corrected chi connectivity index (χ1v) is 7.40. The van der Waals surface area contributed by atoms with Crippen molar-refractivity contribution in [2.24, 2.45) is 0 Å². The van der Waals surface area contributed by atoms with Crippen molar-refractivity contribution in [3.63, 3.8) is 0 Å².